The Morgan fingerprint density at radius 1 is 1.06 bits per heavy atom. The van der Waals surface area contributed by atoms with E-state index in [-0.39, 0.29) is 5.54 Å². The van der Waals surface area contributed by atoms with E-state index in [9.17, 15) is 0 Å². The molecular formula is C15H30N2O. The van der Waals surface area contributed by atoms with Gasteiger partial charge in [0.2, 0.25) is 0 Å². The summed E-state index contributed by atoms with van der Waals surface area (Å²) in [4.78, 5) is 0. The number of ether oxygens (including phenoxy) is 1. The Bertz CT molecular complexity index is 243. The molecule has 1 aliphatic carbocycles. The van der Waals surface area contributed by atoms with E-state index in [1.165, 1.54) is 51.4 Å². The highest BCUT2D eigenvalue weighted by Crippen LogP contribution is 2.30. The summed E-state index contributed by atoms with van der Waals surface area (Å²) in [7, 11) is 2.14. The lowest BCUT2D eigenvalue weighted by Crippen LogP contribution is -2.52. The maximum Gasteiger partial charge on any atom is 0.0645 e. The molecule has 0 radical (unpaired) electrons. The van der Waals surface area contributed by atoms with E-state index in [2.05, 4.69) is 24.6 Å². The standard InChI is InChI=1S/C15H30N2O/c1-14(7-6-12-18-13-14)17-11-10-15(16-2)8-4-3-5-9-15/h16-17H,3-13H2,1-2H3. The van der Waals surface area contributed by atoms with Crippen LogP contribution in [0, 0.1) is 0 Å². The molecule has 1 atom stereocenters. The van der Waals surface area contributed by atoms with E-state index in [4.69, 9.17) is 4.74 Å². The van der Waals surface area contributed by atoms with E-state index < -0.39 is 0 Å². The summed E-state index contributed by atoms with van der Waals surface area (Å²) >= 11 is 0. The molecule has 1 aliphatic heterocycles. The fourth-order valence-electron chi connectivity index (χ4n) is 3.53. The van der Waals surface area contributed by atoms with Crippen molar-refractivity contribution >= 4 is 0 Å². The quantitative estimate of drug-likeness (QED) is 0.790. The Balaban J connectivity index is 1.75. The van der Waals surface area contributed by atoms with Crippen molar-refractivity contribution in [2.24, 2.45) is 0 Å². The Labute approximate surface area is 112 Å². The summed E-state index contributed by atoms with van der Waals surface area (Å²) in [6.45, 7) is 5.23. The van der Waals surface area contributed by atoms with Gasteiger partial charge in [0, 0.05) is 17.7 Å². The van der Waals surface area contributed by atoms with Crippen LogP contribution < -0.4 is 10.6 Å². The van der Waals surface area contributed by atoms with Crippen LogP contribution in [0.15, 0.2) is 0 Å². The summed E-state index contributed by atoms with van der Waals surface area (Å²) in [6.07, 6.45) is 10.6. The average molecular weight is 254 g/mol. The lowest BCUT2D eigenvalue weighted by atomic mass is 9.79. The van der Waals surface area contributed by atoms with Crippen molar-refractivity contribution in [3.8, 4) is 0 Å². The Hall–Kier alpha value is -0.120. The zero-order valence-corrected chi connectivity index (χ0v) is 12.2. The predicted octanol–water partition coefficient (Wildman–Crippen LogP) is 2.46. The molecule has 0 aromatic heterocycles. The van der Waals surface area contributed by atoms with Crippen molar-refractivity contribution in [3.63, 3.8) is 0 Å². The number of nitrogens with one attached hydrogen (secondary N) is 2. The van der Waals surface area contributed by atoms with Gasteiger partial charge in [0.25, 0.3) is 0 Å². The Kier molecular flexibility index (Phi) is 5.05. The normalized spacial score (nSPS) is 32.3. The zero-order valence-electron chi connectivity index (χ0n) is 12.2. The van der Waals surface area contributed by atoms with Gasteiger partial charge < -0.3 is 15.4 Å². The lowest BCUT2D eigenvalue weighted by molar-refractivity contribution is 0.0272. The van der Waals surface area contributed by atoms with Gasteiger partial charge in [-0.15, -0.1) is 0 Å². The first-order chi connectivity index (χ1) is 8.68. The molecule has 0 spiro atoms. The highest BCUT2D eigenvalue weighted by Gasteiger charge is 2.32. The van der Waals surface area contributed by atoms with E-state index in [0.29, 0.717) is 5.54 Å². The fraction of sp³-hybridized carbons (Fsp3) is 1.00. The minimum absolute atomic E-state index is 0.210. The zero-order chi connectivity index (χ0) is 12.9. The van der Waals surface area contributed by atoms with Gasteiger partial charge in [-0.25, -0.2) is 0 Å². The van der Waals surface area contributed by atoms with E-state index in [1.54, 1.807) is 0 Å². The van der Waals surface area contributed by atoms with Crippen LogP contribution in [-0.2, 0) is 4.74 Å². The molecular weight excluding hydrogens is 224 g/mol. The third kappa shape index (κ3) is 3.69. The molecule has 1 saturated heterocycles. The van der Waals surface area contributed by atoms with Gasteiger partial charge in [0.1, 0.15) is 0 Å². The minimum atomic E-state index is 0.210. The smallest absolute Gasteiger partial charge is 0.0645 e. The molecule has 2 N–H and O–H groups in total. The van der Waals surface area contributed by atoms with Gasteiger partial charge in [-0.3, -0.25) is 0 Å². The first-order valence-electron chi connectivity index (χ1n) is 7.70. The molecule has 3 heteroatoms. The van der Waals surface area contributed by atoms with Crippen molar-refractivity contribution in [1.29, 1.82) is 0 Å². The summed E-state index contributed by atoms with van der Waals surface area (Å²) in [5.41, 5.74) is 0.610. The van der Waals surface area contributed by atoms with Gasteiger partial charge in [-0.1, -0.05) is 19.3 Å². The molecule has 2 rings (SSSR count). The van der Waals surface area contributed by atoms with Crippen LogP contribution >= 0.6 is 0 Å². The van der Waals surface area contributed by atoms with Crippen LogP contribution in [0.2, 0.25) is 0 Å². The van der Waals surface area contributed by atoms with Gasteiger partial charge in [0.15, 0.2) is 0 Å². The highest BCUT2D eigenvalue weighted by atomic mass is 16.5. The van der Waals surface area contributed by atoms with E-state index >= 15 is 0 Å². The second-order valence-electron chi connectivity index (χ2n) is 6.48. The number of hydrogen-bond donors (Lipinski definition) is 2. The Morgan fingerprint density at radius 2 is 1.83 bits per heavy atom. The van der Waals surface area contributed by atoms with Gasteiger partial charge >= 0.3 is 0 Å². The van der Waals surface area contributed by atoms with E-state index in [0.717, 1.165) is 19.8 Å². The second kappa shape index (κ2) is 6.36. The molecule has 1 saturated carbocycles. The largest absolute Gasteiger partial charge is 0.380 e. The molecule has 1 unspecified atom stereocenters. The monoisotopic (exact) mass is 254 g/mol. The number of hydrogen-bond acceptors (Lipinski definition) is 3. The topological polar surface area (TPSA) is 33.3 Å². The van der Waals surface area contributed by atoms with Crippen LogP contribution in [0.5, 0.6) is 0 Å². The molecule has 3 nitrogen and oxygen atoms in total. The van der Waals surface area contributed by atoms with Gasteiger partial charge in [0.05, 0.1) is 6.61 Å². The van der Waals surface area contributed by atoms with Crippen molar-refractivity contribution in [1.82, 2.24) is 10.6 Å². The SMILES string of the molecule is CNC1(CCNC2(C)CCCOC2)CCCCC1. The molecule has 0 bridgehead atoms. The fourth-order valence-corrected chi connectivity index (χ4v) is 3.53. The average Bonchev–Trinajstić information content (AvgIpc) is 2.40. The Morgan fingerprint density at radius 3 is 2.44 bits per heavy atom. The van der Waals surface area contributed by atoms with Crippen LogP contribution in [0.25, 0.3) is 0 Å². The maximum absolute atomic E-state index is 5.60. The third-order valence-electron chi connectivity index (χ3n) is 4.93. The maximum atomic E-state index is 5.60. The molecule has 1 heterocycles. The molecule has 0 aromatic rings. The van der Waals surface area contributed by atoms with Crippen LogP contribution in [-0.4, -0.2) is 37.9 Å². The van der Waals surface area contributed by atoms with Crippen LogP contribution in [0.4, 0.5) is 0 Å². The predicted molar refractivity (Wildman–Crippen MR) is 76.0 cm³/mol. The number of rotatable bonds is 5. The third-order valence-corrected chi connectivity index (χ3v) is 4.93. The molecule has 0 amide bonds. The first-order valence-corrected chi connectivity index (χ1v) is 7.70. The van der Waals surface area contributed by atoms with Crippen molar-refractivity contribution in [2.45, 2.75) is 69.4 Å². The van der Waals surface area contributed by atoms with Crippen LogP contribution in [0.1, 0.15) is 58.3 Å². The van der Waals surface area contributed by atoms with Gasteiger partial charge in [-0.05, 0) is 52.6 Å². The second-order valence-corrected chi connectivity index (χ2v) is 6.48. The summed E-state index contributed by atoms with van der Waals surface area (Å²) in [5, 5.41) is 7.34. The molecule has 2 fully saturated rings. The molecule has 2 aliphatic rings. The van der Waals surface area contributed by atoms with Crippen molar-refractivity contribution < 1.29 is 4.74 Å². The van der Waals surface area contributed by atoms with E-state index in [1.807, 2.05) is 0 Å². The molecule has 106 valence electrons. The summed E-state index contributed by atoms with van der Waals surface area (Å²) in [5.74, 6) is 0. The highest BCUT2D eigenvalue weighted by molar-refractivity contribution is 4.92. The van der Waals surface area contributed by atoms with Gasteiger partial charge in [-0.2, -0.15) is 0 Å². The lowest BCUT2D eigenvalue weighted by Gasteiger charge is -2.40. The van der Waals surface area contributed by atoms with Crippen molar-refractivity contribution in [3.05, 3.63) is 0 Å². The molecule has 0 aromatic carbocycles. The summed E-state index contributed by atoms with van der Waals surface area (Å²) < 4.78 is 5.60. The summed E-state index contributed by atoms with van der Waals surface area (Å²) in [6, 6.07) is 0. The first kappa shape index (κ1) is 14.3. The minimum Gasteiger partial charge on any atom is -0.380 e. The van der Waals surface area contributed by atoms with Crippen LogP contribution in [0.3, 0.4) is 0 Å². The molecule has 18 heavy (non-hydrogen) atoms. The van der Waals surface area contributed by atoms with Crippen molar-refractivity contribution in [2.75, 3.05) is 26.8 Å².